The van der Waals surface area contributed by atoms with Crippen LogP contribution in [-0.2, 0) is 18.7 Å². The third-order valence-corrected chi connectivity index (χ3v) is 5.92. The van der Waals surface area contributed by atoms with Crippen molar-refractivity contribution in [2.45, 2.75) is 46.4 Å². The molecule has 0 bridgehead atoms. The van der Waals surface area contributed by atoms with E-state index in [1.165, 1.54) is 16.7 Å². The maximum Gasteiger partial charge on any atom is 0.277 e. The zero-order valence-electron chi connectivity index (χ0n) is 21.0. The van der Waals surface area contributed by atoms with E-state index in [0.29, 0.717) is 29.6 Å². The third-order valence-electron chi connectivity index (χ3n) is 5.58. The maximum absolute atomic E-state index is 13.9. The normalized spacial score (nSPS) is 12.6. The zero-order valence-corrected chi connectivity index (χ0v) is 21.8. The number of aliphatic hydroxyl groups excluding tert-OH is 1. The van der Waals surface area contributed by atoms with Crippen LogP contribution in [0.5, 0.6) is 5.75 Å². The van der Waals surface area contributed by atoms with Gasteiger partial charge in [0.2, 0.25) is 0 Å². The second-order valence-electron chi connectivity index (χ2n) is 8.94. The summed E-state index contributed by atoms with van der Waals surface area (Å²) in [6.07, 6.45) is 5.79. The molecular weight excluding hydrogens is 504 g/mol. The van der Waals surface area contributed by atoms with Gasteiger partial charge in [0.05, 0.1) is 36.3 Å². The molecule has 0 aliphatic heterocycles. The Morgan fingerprint density at radius 1 is 1.35 bits per heavy atom. The molecule has 3 aromatic rings. The SMILES string of the molecule is C=C/C(=C(C)\C=N/Cc1ccn(C(C)(C)CO)n1)n1c(C)cc(OCc2ncc(F)cc2F)c(Cl)c1=O. The summed E-state index contributed by atoms with van der Waals surface area (Å²) < 4.78 is 35.5. The van der Waals surface area contributed by atoms with Crippen LogP contribution in [0, 0.1) is 18.6 Å². The van der Waals surface area contributed by atoms with Gasteiger partial charge in [-0.3, -0.25) is 24.0 Å². The molecule has 0 spiro atoms. The predicted octanol–water partition coefficient (Wildman–Crippen LogP) is 4.67. The molecule has 0 unspecified atom stereocenters. The van der Waals surface area contributed by atoms with E-state index < -0.39 is 22.7 Å². The number of aliphatic hydroxyl groups is 1. The van der Waals surface area contributed by atoms with Crippen LogP contribution >= 0.6 is 11.6 Å². The van der Waals surface area contributed by atoms with Gasteiger partial charge in [-0.15, -0.1) is 0 Å². The molecule has 0 aromatic carbocycles. The Bertz CT molecular complexity index is 1430. The lowest BCUT2D eigenvalue weighted by atomic mass is 10.1. The van der Waals surface area contributed by atoms with Gasteiger partial charge in [-0.2, -0.15) is 5.10 Å². The Morgan fingerprint density at radius 2 is 2.08 bits per heavy atom. The summed E-state index contributed by atoms with van der Waals surface area (Å²) in [7, 11) is 0. The molecule has 11 heteroatoms. The van der Waals surface area contributed by atoms with Crippen molar-refractivity contribution in [2.24, 2.45) is 4.99 Å². The van der Waals surface area contributed by atoms with Crippen LogP contribution in [0.15, 0.2) is 58.6 Å². The predicted molar refractivity (Wildman–Crippen MR) is 139 cm³/mol. The van der Waals surface area contributed by atoms with Crippen LogP contribution in [0.2, 0.25) is 5.02 Å². The topological polar surface area (TPSA) is 94.5 Å². The number of halogens is 3. The summed E-state index contributed by atoms with van der Waals surface area (Å²) in [4.78, 5) is 21.2. The molecule has 37 heavy (non-hydrogen) atoms. The van der Waals surface area contributed by atoms with E-state index in [1.807, 2.05) is 19.9 Å². The summed E-state index contributed by atoms with van der Waals surface area (Å²) >= 11 is 6.29. The Morgan fingerprint density at radius 3 is 2.73 bits per heavy atom. The van der Waals surface area contributed by atoms with Gasteiger partial charge >= 0.3 is 0 Å². The van der Waals surface area contributed by atoms with Gasteiger partial charge in [-0.1, -0.05) is 18.2 Å². The number of aromatic nitrogens is 4. The van der Waals surface area contributed by atoms with Crippen LogP contribution < -0.4 is 10.3 Å². The molecule has 8 nitrogen and oxygen atoms in total. The average Bonchev–Trinajstić information content (AvgIpc) is 3.34. The first-order valence-corrected chi connectivity index (χ1v) is 11.7. The molecule has 0 amide bonds. The summed E-state index contributed by atoms with van der Waals surface area (Å²) in [6.45, 7) is 10.9. The van der Waals surface area contributed by atoms with Gasteiger partial charge in [-0.25, -0.2) is 8.78 Å². The third kappa shape index (κ3) is 6.39. The molecule has 0 aliphatic carbocycles. The van der Waals surface area contributed by atoms with E-state index in [-0.39, 0.29) is 29.7 Å². The average molecular weight is 532 g/mol. The molecule has 0 saturated heterocycles. The van der Waals surface area contributed by atoms with Gasteiger partial charge in [0.15, 0.2) is 5.82 Å². The second kappa shape index (κ2) is 11.6. The fourth-order valence-electron chi connectivity index (χ4n) is 3.41. The van der Waals surface area contributed by atoms with E-state index in [9.17, 15) is 18.7 Å². The Hall–Kier alpha value is -3.63. The van der Waals surface area contributed by atoms with Crippen molar-refractivity contribution in [3.05, 3.63) is 92.9 Å². The Balaban J connectivity index is 1.83. The molecule has 1 N–H and O–H groups in total. The van der Waals surface area contributed by atoms with Gasteiger partial charge in [-0.05, 0) is 45.4 Å². The fourth-order valence-corrected chi connectivity index (χ4v) is 3.60. The highest BCUT2D eigenvalue weighted by Crippen LogP contribution is 2.25. The monoisotopic (exact) mass is 531 g/mol. The van der Waals surface area contributed by atoms with E-state index >= 15 is 0 Å². The fraction of sp³-hybridized carbons (Fsp3) is 0.308. The number of ether oxygens (including phenoxy) is 1. The molecule has 3 rings (SSSR count). The first-order chi connectivity index (χ1) is 17.5. The van der Waals surface area contributed by atoms with Gasteiger partial charge in [0.25, 0.3) is 5.56 Å². The quantitative estimate of drug-likeness (QED) is 0.303. The zero-order chi connectivity index (χ0) is 27.3. The summed E-state index contributed by atoms with van der Waals surface area (Å²) in [5, 5.41) is 13.7. The first-order valence-electron chi connectivity index (χ1n) is 11.3. The summed E-state index contributed by atoms with van der Waals surface area (Å²) in [5.74, 6) is -1.63. The van der Waals surface area contributed by atoms with E-state index in [2.05, 4.69) is 21.7 Å². The van der Waals surface area contributed by atoms with Crippen molar-refractivity contribution in [1.29, 1.82) is 0 Å². The molecule has 0 atom stereocenters. The molecule has 0 fully saturated rings. The molecular formula is C26H28ClF2N5O3. The second-order valence-corrected chi connectivity index (χ2v) is 9.32. The lowest BCUT2D eigenvalue weighted by Gasteiger charge is -2.22. The molecule has 196 valence electrons. The Labute approximate surface area is 218 Å². The van der Waals surface area contributed by atoms with Crippen molar-refractivity contribution in [3.8, 4) is 5.75 Å². The summed E-state index contributed by atoms with van der Waals surface area (Å²) in [6, 6.07) is 4.06. The smallest absolute Gasteiger partial charge is 0.277 e. The van der Waals surface area contributed by atoms with Crippen molar-refractivity contribution < 1.29 is 18.6 Å². The lowest BCUT2D eigenvalue weighted by Crippen LogP contribution is -2.30. The highest BCUT2D eigenvalue weighted by Gasteiger charge is 2.20. The minimum atomic E-state index is -0.864. The number of aryl methyl sites for hydroxylation is 1. The number of rotatable bonds is 10. The van der Waals surface area contributed by atoms with E-state index in [0.717, 1.165) is 11.9 Å². The first kappa shape index (κ1) is 27.9. The number of aliphatic imine (C=N–C) groups is 1. The number of nitrogens with zero attached hydrogens (tertiary/aromatic N) is 5. The minimum Gasteiger partial charge on any atom is -0.485 e. The molecule has 3 heterocycles. The Kier molecular flexibility index (Phi) is 8.77. The molecule has 3 aromatic heterocycles. The van der Waals surface area contributed by atoms with Crippen LogP contribution in [-0.4, -0.2) is 37.3 Å². The van der Waals surface area contributed by atoms with Crippen LogP contribution in [0.4, 0.5) is 8.78 Å². The summed E-state index contributed by atoms with van der Waals surface area (Å²) in [5.41, 5.74) is 1.13. The minimum absolute atomic E-state index is 0.0436. The molecule has 0 radical (unpaired) electrons. The highest BCUT2D eigenvalue weighted by molar-refractivity contribution is 6.31. The van der Waals surface area contributed by atoms with Crippen molar-refractivity contribution in [2.75, 3.05) is 6.61 Å². The van der Waals surface area contributed by atoms with E-state index in [4.69, 9.17) is 16.3 Å². The van der Waals surface area contributed by atoms with Gasteiger partial charge in [0.1, 0.15) is 28.9 Å². The van der Waals surface area contributed by atoms with E-state index in [1.54, 1.807) is 30.9 Å². The van der Waals surface area contributed by atoms with Gasteiger partial charge in [0, 0.05) is 30.2 Å². The number of hydrogen-bond donors (Lipinski definition) is 1. The van der Waals surface area contributed by atoms with Crippen LogP contribution in [0.3, 0.4) is 0 Å². The molecule has 0 saturated carbocycles. The van der Waals surface area contributed by atoms with Crippen molar-refractivity contribution in [1.82, 2.24) is 19.3 Å². The van der Waals surface area contributed by atoms with Gasteiger partial charge < -0.3 is 9.84 Å². The maximum atomic E-state index is 13.9. The lowest BCUT2D eigenvalue weighted by molar-refractivity contribution is 0.151. The van der Waals surface area contributed by atoms with Crippen molar-refractivity contribution in [3.63, 3.8) is 0 Å². The number of hydrogen-bond acceptors (Lipinski definition) is 6. The number of allylic oxidation sites excluding steroid dienone is 3. The van der Waals surface area contributed by atoms with Crippen LogP contribution in [0.1, 0.15) is 37.9 Å². The number of pyridine rings is 2. The largest absolute Gasteiger partial charge is 0.485 e. The molecule has 0 aliphatic rings. The standard InChI is InChI=1S/C26H28ClF2N5O3/c1-6-22(16(2)11-30-13-19-7-8-33(32-19)26(4,5)15-35)34-17(3)9-23(24(27)25(34)36)37-14-21-20(29)10-18(28)12-31-21/h6-12,35H,1,13-15H2,2-5H3/b22-16+,30-11-. The van der Waals surface area contributed by atoms with Crippen molar-refractivity contribution >= 4 is 23.5 Å². The highest BCUT2D eigenvalue weighted by atomic mass is 35.5. The van der Waals surface area contributed by atoms with Crippen LogP contribution in [0.25, 0.3) is 5.70 Å².